The summed E-state index contributed by atoms with van der Waals surface area (Å²) in [4.78, 5) is 102. The van der Waals surface area contributed by atoms with E-state index in [0.717, 1.165) is 36.1 Å². The van der Waals surface area contributed by atoms with Crippen LogP contribution in [0.2, 0.25) is 0 Å². The molecule has 6 amide bonds. The van der Waals surface area contributed by atoms with Crippen molar-refractivity contribution >= 4 is 47.4 Å². The average Bonchev–Trinajstić information content (AvgIpc) is 0.791. The molecule has 12 atom stereocenters. The highest BCUT2D eigenvalue weighted by atomic mass is 16.7. The van der Waals surface area contributed by atoms with E-state index in [1.54, 1.807) is 48.5 Å². The van der Waals surface area contributed by atoms with E-state index in [2.05, 4.69) is 31.9 Å². The Morgan fingerprint density at radius 2 is 0.734 bits per heavy atom. The number of rotatable bonds is 34. The molecular formula is C68H84N6O20. The highest BCUT2D eigenvalue weighted by Crippen LogP contribution is 2.36. The third kappa shape index (κ3) is 20.2. The van der Waals surface area contributed by atoms with Crippen molar-refractivity contribution in [3.63, 3.8) is 0 Å². The SMILES string of the molecule is CC(=O)N[C@H]1[C@H]([C@H](O)[C@H](O)CNC(=O)c2ccc(-c3ccccc3)cc2)O[C@@](OCCCCCCNC(=O)c2ccc(C(=O)NCCCCCCO[C@]3(C(=O)O)C[C@H](O)[C@@H](NC(C)=O)[C@H]([C@H](O)[C@H](O)CNC(=O)c4ccc(-c5ccccc5)cc4)O3)cc2)(C(=O)O)C[C@@H]1O. The van der Waals surface area contributed by atoms with Gasteiger partial charge < -0.3 is 91.7 Å². The van der Waals surface area contributed by atoms with Gasteiger partial charge in [-0.15, -0.1) is 0 Å². The first kappa shape index (κ1) is 72.9. The number of carboxylic acids is 2. The van der Waals surface area contributed by atoms with Gasteiger partial charge in [0.25, 0.3) is 35.2 Å². The van der Waals surface area contributed by atoms with Gasteiger partial charge in [0.1, 0.15) is 24.4 Å². The second-order valence-electron chi connectivity index (χ2n) is 23.3. The Balaban J connectivity index is 0.773. The zero-order valence-electron chi connectivity index (χ0n) is 52.3. The molecule has 0 aliphatic carbocycles. The van der Waals surface area contributed by atoms with Crippen LogP contribution in [-0.2, 0) is 38.1 Å². The predicted molar refractivity (Wildman–Crippen MR) is 339 cm³/mol. The molecule has 5 aromatic carbocycles. The number of carbonyl (C=O) groups is 8. The third-order valence-electron chi connectivity index (χ3n) is 16.2. The van der Waals surface area contributed by atoms with Gasteiger partial charge >= 0.3 is 11.9 Å². The van der Waals surface area contributed by atoms with Gasteiger partial charge in [-0.05, 0) is 96.5 Å². The van der Waals surface area contributed by atoms with Gasteiger partial charge in [-0.25, -0.2) is 9.59 Å². The van der Waals surface area contributed by atoms with Crippen LogP contribution in [-0.4, -0.2) is 200 Å². The van der Waals surface area contributed by atoms with Crippen molar-refractivity contribution in [1.29, 1.82) is 0 Å². The van der Waals surface area contributed by atoms with Gasteiger partial charge in [0, 0.05) is 75.1 Å². The highest BCUT2D eigenvalue weighted by molar-refractivity contribution is 5.98. The normalized spacial score (nSPS) is 22.3. The molecule has 0 unspecified atom stereocenters. The van der Waals surface area contributed by atoms with Crippen molar-refractivity contribution in [2.75, 3.05) is 39.4 Å². The summed E-state index contributed by atoms with van der Waals surface area (Å²) in [6.45, 7) is 1.55. The van der Waals surface area contributed by atoms with Crippen molar-refractivity contribution in [2.45, 2.75) is 151 Å². The Morgan fingerprint density at radius 1 is 0.436 bits per heavy atom. The first-order chi connectivity index (χ1) is 45.0. The molecule has 2 heterocycles. The van der Waals surface area contributed by atoms with Crippen LogP contribution >= 0.6 is 0 Å². The number of carbonyl (C=O) groups excluding carboxylic acids is 6. The Kier molecular flexibility index (Phi) is 27.2. The van der Waals surface area contributed by atoms with E-state index >= 15 is 0 Å². The number of hydrogen-bond acceptors (Lipinski definition) is 18. The predicted octanol–water partition coefficient (Wildman–Crippen LogP) is 2.81. The molecule has 0 radical (unpaired) electrons. The van der Waals surface area contributed by atoms with Gasteiger partial charge in [-0.1, -0.05) is 111 Å². The van der Waals surface area contributed by atoms with E-state index in [4.69, 9.17) is 18.9 Å². The molecule has 506 valence electrons. The fraction of sp³-hybridized carbons (Fsp3) is 0.441. The fourth-order valence-corrected chi connectivity index (χ4v) is 11.1. The number of aliphatic hydroxyl groups excluding tert-OH is 6. The van der Waals surface area contributed by atoms with E-state index in [1.165, 1.54) is 24.3 Å². The molecule has 14 N–H and O–H groups in total. The lowest BCUT2D eigenvalue weighted by Gasteiger charge is -2.46. The molecule has 0 aromatic heterocycles. The van der Waals surface area contributed by atoms with Crippen LogP contribution in [0.3, 0.4) is 0 Å². The molecule has 2 aliphatic heterocycles. The summed E-state index contributed by atoms with van der Waals surface area (Å²) in [5.41, 5.74) is 4.80. The average molecular weight is 1310 g/mol. The van der Waals surface area contributed by atoms with Crippen LogP contribution in [0, 0.1) is 0 Å². The van der Waals surface area contributed by atoms with E-state index < -0.39 is 134 Å². The van der Waals surface area contributed by atoms with Gasteiger partial charge in [-0.3, -0.25) is 28.8 Å². The summed E-state index contributed by atoms with van der Waals surface area (Å²) < 4.78 is 23.2. The molecule has 26 nitrogen and oxygen atoms in total. The minimum Gasteiger partial charge on any atom is -0.477 e. The fourth-order valence-electron chi connectivity index (χ4n) is 11.1. The molecule has 0 bridgehead atoms. The van der Waals surface area contributed by atoms with Crippen LogP contribution in [0.5, 0.6) is 0 Å². The second kappa shape index (κ2) is 35.1. The molecule has 94 heavy (non-hydrogen) atoms. The molecule has 2 fully saturated rings. The summed E-state index contributed by atoms with van der Waals surface area (Å²) >= 11 is 0. The largest absolute Gasteiger partial charge is 0.477 e. The second-order valence-corrected chi connectivity index (χ2v) is 23.3. The summed E-state index contributed by atoms with van der Waals surface area (Å²) in [5.74, 6) is -11.4. The first-order valence-electron chi connectivity index (χ1n) is 31.3. The van der Waals surface area contributed by atoms with Gasteiger partial charge in [0.05, 0.1) is 49.7 Å². The minimum atomic E-state index is -2.48. The maximum Gasteiger partial charge on any atom is 0.364 e. The monoisotopic (exact) mass is 1300 g/mol. The van der Waals surface area contributed by atoms with Crippen LogP contribution in [0.15, 0.2) is 133 Å². The number of nitrogens with one attached hydrogen (secondary N) is 6. The third-order valence-corrected chi connectivity index (χ3v) is 16.2. The maximum atomic E-state index is 13.0. The van der Waals surface area contributed by atoms with E-state index in [-0.39, 0.29) is 36.2 Å². The van der Waals surface area contributed by atoms with Crippen LogP contribution < -0.4 is 31.9 Å². The van der Waals surface area contributed by atoms with Gasteiger partial charge in [0.15, 0.2) is 0 Å². The topological polar surface area (TPSA) is 408 Å². The number of amides is 6. The number of aliphatic carboxylic acids is 2. The summed E-state index contributed by atoms with van der Waals surface area (Å²) in [6.07, 6.45) is -11.3. The van der Waals surface area contributed by atoms with Crippen molar-refractivity contribution in [3.05, 3.63) is 156 Å². The lowest BCUT2D eigenvalue weighted by atomic mass is 9.88. The molecule has 0 spiro atoms. The minimum absolute atomic E-state index is 0.162. The number of unbranched alkanes of at least 4 members (excludes halogenated alkanes) is 6. The molecular weight excluding hydrogens is 1220 g/mol. The van der Waals surface area contributed by atoms with Crippen molar-refractivity contribution in [1.82, 2.24) is 31.9 Å². The van der Waals surface area contributed by atoms with Crippen molar-refractivity contribution < 1.29 is 98.2 Å². The number of benzene rings is 5. The summed E-state index contributed by atoms with van der Waals surface area (Å²) in [6, 6.07) is 35.7. The quantitative estimate of drug-likeness (QED) is 0.0263. The van der Waals surface area contributed by atoms with E-state index in [1.807, 2.05) is 60.7 Å². The molecule has 5 aromatic rings. The maximum absolute atomic E-state index is 13.0. The number of hydrogen-bond donors (Lipinski definition) is 14. The lowest BCUT2D eigenvalue weighted by Crippen LogP contribution is -2.68. The van der Waals surface area contributed by atoms with E-state index in [9.17, 15) is 79.2 Å². The van der Waals surface area contributed by atoms with Crippen molar-refractivity contribution in [3.8, 4) is 22.3 Å². The molecule has 7 rings (SSSR count). The van der Waals surface area contributed by atoms with Gasteiger partial charge in [-0.2, -0.15) is 0 Å². The van der Waals surface area contributed by atoms with Gasteiger partial charge in [0.2, 0.25) is 11.8 Å². The van der Waals surface area contributed by atoms with Crippen LogP contribution in [0.4, 0.5) is 0 Å². The smallest absolute Gasteiger partial charge is 0.364 e. The summed E-state index contributed by atoms with van der Waals surface area (Å²) in [7, 11) is 0. The zero-order valence-corrected chi connectivity index (χ0v) is 52.3. The molecule has 26 heteroatoms. The number of carboxylic acid groups (broad SMARTS) is 2. The lowest BCUT2D eigenvalue weighted by molar-refractivity contribution is -0.310. The molecule has 0 saturated carbocycles. The Morgan fingerprint density at radius 3 is 1.05 bits per heavy atom. The number of ether oxygens (including phenoxy) is 4. The molecule has 2 aliphatic rings. The Hall–Kier alpha value is -8.54. The molecule has 2 saturated heterocycles. The highest BCUT2D eigenvalue weighted by Gasteiger charge is 2.57. The Labute approximate surface area is 543 Å². The first-order valence-corrected chi connectivity index (χ1v) is 31.3. The standard InChI is InChI=1S/C68H84N6O20/c1-41(75)73-55-51(77)37-67(65(87)88,93-59(55)57(81)53(79)39-71-63(85)49-25-21-45(22-26-49)43-17-9-7-10-18-43)91-35-15-5-3-13-33-69-61(83)47-29-31-48(32-30-47)62(84)70-34-14-4-6-16-36-92-68(66(89)90)38-52(78)56(74-42(2)76)60(94-68)58(82)54(80)40-72-64(86)50-27-23-46(24-28-50)44-19-11-8-12-20-44/h7-12,17-32,51-60,77-82H,3-6,13-16,33-40H2,1-2H3,(H,69,83)(H,70,84)(H,71,85)(H,72,86)(H,73,75)(H,74,76)(H,87,88)(H,89,90)/t51-,52-,53+,54+,55+,56+,57+,58+,59+,60+,67+,68+/m0/s1. The Bertz CT molecular complexity index is 3090. The van der Waals surface area contributed by atoms with Crippen LogP contribution in [0.1, 0.15) is 119 Å². The zero-order chi connectivity index (χ0) is 68.0. The van der Waals surface area contributed by atoms with Crippen LogP contribution in [0.25, 0.3) is 22.3 Å². The summed E-state index contributed by atoms with van der Waals surface area (Å²) in [5, 5.41) is 103. The number of aliphatic hydroxyl groups is 6. The van der Waals surface area contributed by atoms with E-state index in [0.29, 0.717) is 75.6 Å². The van der Waals surface area contributed by atoms with Crippen molar-refractivity contribution in [2.24, 2.45) is 0 Å².